The summed E-state index contributed by atoms with van der Waals surface area (Å²) in [5.41, 5.74) is 1.98. The van der Waals surface area contributed by atoms with Crippen molar-refractivity contribution in [3.05, 3.63) is 31.4 Å². The number of fused-ring (bicyclic) bond motifs is 1. The van der Waals surface area contributed by atoms with Gasteiger partial charge in [0.15, 0.2) is 0 Å². The number of nitrogens with one attached hydrogen (secondary N) is 1. The van der Waals surface area contributed by atoms with E-state index in [1.54, 1.807) is 6.07 Å². The number of benzene rings is 1. The Bertz CT molecular complexity index is 393. The summed E-state index contributed by atoms with van der Waals surface area (Å²) >= 11 is 2.11. The molecule has 0 aromatic heterocycles. The van der Waals surface area contributed by atoms with E-state index in [1.165, 1.54) is 0 Å². The molecule has 0 saturated carbocycles. The van der Waals surface area contributed by atoms with Crippen LogP contribution >= 0.6 is 22.6 Å². The quantitative estimate of drug-likeness (QED) is 0.493. The smallest absolute Gasteiger partial charge is 0.293 e. The zero-order valence-electron chi connectivity index (χ0n) is 7.42. The molecule has 0 aliphatic carbocycles. The molecule has 1 aromatic rings. The Morgan fingerprint density at radius 1 is 1.50 bits per heavy atom. The number of nitrogens with zero attached hydrogens (tertiary/aromatic N) is 1. The standard InChI is InChI=1S/C9H9IN2O2/c10-7-4-6-2-1-3-11-9(6)8(5-7)12(13)14/h4-5,11H,1-3H2. The largest absolute Gasteiger partial charge is 0.379 e. The van der Waals surface area contributed by atoms with Crippen LogP contribution in [0.4, 0.5) is 11.4 Å². The summed E-state index contributed by atoms with van der Waals surface area (Å²) in [7, 11) is 0. The predicted octanol–water partition coefficient (Wildman–Crippen LogP) is 2.56. The van der Waals surface area contributed by atoms with Crippen LogP contribution in [0.1, 0.15) is 12.0 Å². The molecule has 0 unspecified atom stereocenters. The predicted molar refractivity (Wildman–Crippen MR) is 62.6 cm³/mol. The lowest BCUT2D eigenvalue weighted by Crippen LogP contribution is -2.13. The molecule has 0 fully saturated rings. The van der Waals surface area contributed by atoms with Crippen LogP contribution in [0.2, 0.25) is 0 Å². The number of anilines is 1. The summed E-state index contributed by atoms with van der Waals surface area (Å²) < 4.78 is 0.928. The zero-order chi connectivity index (χ0) is 10.1. The number of halogens is 1. The van der Waals surface area contributed by atoms with Crippen molar-refractivity contribution in [3.8, 4) is 0 Å². The molecule has 0 radical (unpaired) electrons. The molecule has 5 heteroatoms. The van der Waals surface area contributed by atoms with Crippen LogP contribution in [-0.2, 0) is 6.42 Å². The second-order valence-corrected chi connectivity index (χ2v) is 4.49. The van der Waals surface area contributed by atoms with Crippen LogP contribution < -0.4 is 5.32 Å². The van der Waals surface area contributed by atoms with E-state index in [0.29, 0.717) is 5.69 Å². The second kappa shape index (κ2) is 3.72. The maximum absolute atomic E-state index is 10.8. The van der Waals surface area contributed by atoms with Crippen LogP contribution in [0, 0.1) is 13.7 Å². The summed E-state index contributed by atoms with van der Waals surface area (Å²) in [6, 6.07) is 3.62. The van der Waals surface area contributed by atoms with Gasteiger partial charge in [-0.2, -0.15) is 0 Å². The number of aryl methyl sites for hydroxylation is 1. The van der Waals surface area contributed by atoms with Gasteiger partial charge in [0, 0.05) is 16.2 Å². The normalized spacial score (nSPS) is 14.4. The van der Waals surface area contributed by atoms with Gasteiger partial charge in [0.2, 0.25) is 0 Å². The maximum atomic E-state index is 10.8. The topological polar surface area (TPSA) is 55.2 Å². The van der Waals surface area contributed by atoms with Gasteiger partial charge in [0.1, 0.15) is 5.69 Å². The van der Waals surface area contributed by atoms with Gasteiger partial charge in [-0.25, -0.2) is 0 Å². The molecule has 4 nitrogen and oxygen atoms in total. The summed E-state index contributed by atoms with van der Waals surface area (Å²) in [6.45, 7) is 0.828. The second-order valence-electron chi connectivity index (χ2n) is 3.25. The van der Waals surface area contributed by atoms with E-state index in [-0.39, 0.29) is 10.6 Å². The van der Waals surface area contributed by atoms with Gasteiger partial charge in [0.25, 0.3) is 5.69 Å². The third kappa shape index (κ3) is 1.68. The molecule has 0 amide bonds. The number of rotatable bonds is 1. The molecule has 0 saturated heterocycles. The highest BCUT2D eigenvalue weighted by molar-refractivity contribution is 14.1. The molecule has 0 atom stereocenters. The molecule has 2 rings (SSSR count). The number of nitro groups is 1. The van der Waals surface area contributed by atoms with Crippen molar-refractivity contribution in [2.24, 2.45) is 0 Å². The minimum atomic E-state index is -0.320. The monoisotopic (exact) mass is 304 g/mol. The number of hydrogen-bond acceptors (Lipinski definition) is 3. The van der Waals surface area contributed by atoms with Gasteiger partial charge in [-0.3, -0.25) is 10.1 Å². The average Bonchev–Trinajstić information content (AvgIpc) is 2.16. The van der Waals surface area contributed by atoms with Crippen molar-refractivity contribution in [3.63, 3.8) is 0 Å². The van der Waals surface area contributed by atoms with Gasteiger partial charge in [-0.1, -0.05) is 0 Å². The minimum absolute atomic E-state index is 0.201. The van der Waals surface area contributed by atoms with Crippen molar-refractivity contribution in [1.82, 2.24) is 0 Å². The van der Waals surface area contributed by atoms with E-state index >= 15 is 0 Å². The van der Waals surface area contributed by atoms with Crippen LogP contribution in [0.25, 0.3) is 0 Å². The highest BCUT2D eigenvalue weighted by Crippen LogP contribution is 2.33. The average molecular weight is 304 g/mol. The molecule has 1 aliphatic heterocycles. The fourth-order valence-electron chi connectivity index (χ4n) is 1.69. The Kier molecular flexibility index (Phi) is 2.58. The van der Waals surface area contributed by atoms with Crippen LogP contribution in [0.15, 0.2) is 12.1 Å². The Morgan fingerprint density at radius 3 is 3.00 bits per heavy atom. The summed E-state index contributed by atoms with van der Waals surface area (Å²) in [6.07, 6.45) is 1.98. The Hall–Kier alpha value is -0.850. The first-order valence-electron chi connectivity index (χ1n) is 4.39. The van der Waals surface area contributed by atoms with E-state index in [0.717, 1.165) is 28.5 Å². The van der Waals surface area contributed by atoms with E-state index in [4.69, 9.17) is 0 Å². The van der Waals surface area contributed by atoms with Crippen molar-refractivity contribution in [2.75, 3.05) is 11.9 Å². The molecule has 1 aliphatic rings. The van der Waals surface area contributed by atoms with Crippen LogP contribution in [0.3, 0.4) is 0 Å². The Labute approximate surface area is 95.0 Å². The van der Waals surface area contributed by atoms with E-state index in [2.05, 4.69) is 27.9 Å². The van der Waals surface area contributed by atoms with Gasteiger partial charge < -0.3 is 5.32 Å². The molecular weight excluding hydrogens is 295 g/mol. The molecule has 14 heavy (non-hydrogen) atoms. The SMILES string of the molecule is O=[N+]([O-])c1cc(I)cc2c1NCCC2. The molecule has 0 bridgehead atoms. The summed E-state index contributed by atoms with van der Waals surface area (Å²) in [5.74, 6) is 0. The third-order valence-electron chi connectivity index (χ3n) is 2.29. The van der Waals surface area contributed by atoms with Gasteiger partial charge in [-0.05, 0) is 47.1 Å². The fraction of sp³-hybridized carbons (Fsp3) is 0.333. The highest BCUT2D eigenvalue weighted by atomic mass is 127. The van der Waals surface area contributed by atoms with Crippen molar-refractivity contribution >= 4 is 34.0 Å². The third-order valence-corrected chi connectivity index (χ3v) is 2.91. The number of nitro benzene ring substituents is 1. The zero-order valence-corrected chi connectivity index (χ0v) is 9.58. The summed E-state index contributed by atoms with van der Waals surface area (Å²) in [5, 5.41) is 13.9. The highest BCUT2D eigenvalue weighted by Gasteiger charge is 2.20. The first kappa shape index (κ1) is 9.70. The molecular formula is C9H9IN2O2. The molecule has 1 N–H and O–H groups in total. The van der Waals surface area contributed by atoms with Gasteiger partial charge in [0.05, 0.1) is 4.92 Å². The first-order valence-corrected chi connectivity index (χ1v) is 5.47. The fourth-order valence-corrected chi connectivity index (χ4v) is 2.36. The van der Waals surface area contributed by atoms with E-state index in [9.17, 15) is 10.1 Å². The lowest BCUT2D eigenvalue weighted by molar-refractivity contribution is -0.384. The van der Waals surface area contributed by atoms with Crippen molar-refractivity contribution in [1.29, 1.82) is 0 Å². The molecule has 1 heterocycles. The van der Waals surface area contributed by atoms with E-state index < -0.39 is 0 Å². The molecule has 74 valence electrons. The maximum Gasteiger partial charge on any atom is 0.293 e. The lowest BCUT2D eigenvalue weighted by Gasteiger charge is -2.17. The molecule has 0 spiro atoms. The van der Waals surface area contributed by atoms with Crippen molar-refractivity contribution < 1.29 is 4.92 Å². The number of hydrogen-bond donors (Lipinski definition) is 1. The lowest BCUT2D eigenvalue weighted by atomic mass is 10.0. The Morgan fingerprint density at radius 2 is 2.29 bits per heavy atom. The van der Waals surface area contributed by atoms with Gasteiger partial charge >= 0.3 is 0 Å². The molecule has 1 aromatic carbocycles. The minimum Gasteiger partial charge on any atom is -0.379 e. The van der Waals surface area contributed by atoms with E-state index in [1.807, 2.05) is 6.07 Å². The summed E-state index contributed by atoms with van der Waals surface area (Å²) in [4.78, 5) is 10.5. The van der Waals surface area contributed by atoms with Crippen molar-refractivity contribution in [2.45, 2.75) is 12.8 Å². The Balaban J connectivity index is 2.58. The van der Waals surface area contributed by atoms with Crippen LogP contribution in [0.5, 0.6) is 0 Å². The van der Waals surface area contributed by atoms with Gasteiger partial charge in [-0.15, -0.1) is 0 Å². The van der Waals surface area contributed by atoms with Crippen LogP contribution in [-0.4, -0.2) is 11.5 Å². The first-order chi connectivity index (χ1) is 6.68.